The molecule has 2 N–H and O–H groups in total. The summed E-state index contributed by atoms with van der Waals surface area (Å²) < 4.78 is 0. The molecule has 1 unspecified atom stereocenters. The SMILES string of the molecule is CNCC1CCCN(C(=O)CCNC(=O)c2cccs2)C1. The topological polar surface area (TPSA) is 61.4 Å². The van der Waals surface area contributed by atoms with Crippen molar-refractivity contribution >= 4 is 23.2 Å². The summed E-state index contributed by atoms with van der Waals surface area (Å²) in [4.78, 5) is 26.6. The molecule has 1 atom stereocenters. The van der Waals surface area contributed by atoms with Crippen molar-refractivity contribution in [3.8, 4) is 0 Å². The van der Waals surface area contributed by atoms with Gasteiger partial charge in [0.05, 0.1) is 4.88 Å². The number of likely N-dealkylation sites (tertiary alicyclic amines) is 1. The number of thiophene rings is 1. The van der Waals surface area contributed by atoms with Crippen molar-refractivity contribution in [3.63, 3.8) is 0 Å². The maximum absolute atomic E-state index is 12.2. The van der Waals surface area contributed by atoms with Crippen LogP contribution in [0.25, 0.3) is 0 Å². The van der Waals surface area contributed by atoms with Crippen LogP contribution in [-0.4, -0.2) is 49.9 Å². The highest BCUT2D eigenvalue weighted by atomic mass is 32.1. The van der Waals surface area contributed by atoms with E-state index in [9.17, 15) is 9.59 Å². The van der Waals surface area contributed by atoms with Crippen LogP contribution in [0.4, 0.5) is 0 Å². The van der Waals surface area contributed by atoms with E-state index in [0.717, 1.165) is 26.1 Å². The van der Waals surface area contributed by atoms with Crippen LogP contribution >= 0.6 is 11.3 Å². The average Bonchev–Trinajstić information content (AvgIpc) is 3.02. The molecule has 0 saturated carbocycles. The largest absolute Gasteiger partial charge is 0.351 e. The molecule has 2 heterocycles. The van der Waals surface area contributed by atoms with Gasteiger partial charge in [0.1, 0.15) is 0 Å². The number of rotatable bonds is 6. The average molecular weight is 309 g/mol. The first-order valence-corrected chi connectivity index (χ1v) is 8.32. The molecule has 0 radical (unpaired) electrons. The molecule has 0 aromatic carbocycles. The van der Waals surface area contributed by atoms with Crippen LogP contribution in [0.3, 0.4) is 0 Å². The van der Waals surface area contributed by atoms with Crippen LogP contribution < -0.4 is 10.6 Å². The third-order valence-corrected chi connectivity index (χ3v) is 4.60. The summed E-state index contributed by atoms with van der Waals surface area (Å²) in [5.74, 6) is 0.597. The second kappa shape index (κ2) is 8.14. The van der Waals surface area contributed by atoms with Crippen LogP contribution in [-0.2, 0) is 4.79 Å². The monoisotopic (exact) mass is 309 g/mol. The molecule has 21 heavy (non-hydrogen) atoms. The van der Waals surface area contributed by atoms with Gasteiger partial charge in [0, 0.05) is 26.1 Å². The first-order valence-electron chi connectivity index (χ1n) is 7.44. The molecule has 5 nitrogen and oxygen atoms in total. The zero-order valence-electron chi connectivity index (χ0n) is 12.4. The lowest BCUT2D eigenvalue weighted by Gasteiger charge is -2.32. The fourth-order valence-electron chi connectivity index (χ4n) is 2.68. The minimum absolute atomic E-state index is 0.0931. The van der Waals surface area contributed by atoms with Crippen LogP contribution in [0, 0.1) is 5.92 Å². The van der Waals surface area contributed by atoms with Gasteiger partial charge in [-0.2, -0.15) is 0 Å². The molecule has 1 aliphatic rings. The molecule has 0 bridgehead atoms. The lowest BCUT2D eigenvalue weighted by Crippen LogP contribution is -2.43. The molecule has 6 heteroatoms. The number of carbonyl (C=O) groups excluding carboxylic acids is 2. The minimum atomic E-state index is -0.0931. The molecule has 1 aromatic heterocycles. The Morgan fingerprint density at radius 1 is 1.48 bits per heavy atom. The van der Waals surface area contributed by atoms with E-state index >= 15 is 0 Å². The Balaban J connectivity index is 1.70. The minimum Gasteiger partial charge on any atom is -0.351 e. The molecular formula is C15H23N3O2S. The number of piperidine rings is 1. The highest BCUT2D eigenvalue weighted by molar-refractivity contribution is 7.12. The second-order valence-electron chi connectivity index (χ2n) is 5.39. The van der Waals surface area contributed by atoms with Crippen LogP contribution in [0.5, 0.6) is 0 Å². The Hall–Kier alpha value is -1.40. The molecule has 2 rings (SSSR count). The second-order valence-corrected chi connectivity index (χ2v) is 6.34. The first-order chi connectivity index (χ1) is 10.2. The number of hydrogen-bond donors (Lipinski definition) is 2. The summed E-state index contributed by atoms with van der Waals surface area (Å²) in [6.07, 6.45) is 2.63. The van der Waals surface area contributed by atoms with E-state index < -0.39 is 0 Å². The number of amides is 2. The summed E-state index contributed by atoms with van der Waals surface area (Å²) in [7, 11) is 1.95. The zero-order valence-corrected chi connectivity index (χ0v) is 13.2. The van der Waals surface area contributed by atoms with E-state index in [0.29, 0.717) is 23.8 Å². The van der Waals surface area contributed by atoms with E-state index in [1.54, 1.807) is 6.07 Å². The Morgan fingerprint density at radius 2 is 2.33 bits per heavy atom. The van der Waals surface area contributed by atoms with E-state index in [-0.39, 0.29) is 11.8 Å². The van der Waals surface area contributed by atoms with E-state index in [2.05, 4.69) is 10.6 Å². The Morgan fingerprint density at radius 3 is 3.05 bits per heavy atom. The summed E-state index contributed by atoms with van der Waals surface area (Å²) >= 11 is 1.41. The summed E-state index contributed by atoms with van der Waals surface area (Å²) in [5.41, 5.74) is 0. The van der Waals surface area contributed by atoms with Crippen molar-refractivity contribution in [1.29, 1.82) is 0 Å². The van der Waals surface area contributed by atoms with Crippen LogP contribution in [0.1, 0.15) is 28.9 Å². The fourth-order valence-corrected chi connectivity index (χ4v) is 3.32. The van der Waals surface area contributed by atoms with Gasteiger partial charge in [0.25, 0.3) is 5.91 Å². The zero-order chi connectivity index (χ0) is 15.1. The predicted molar refractivity (Wildman–Crippen MR) is 84.5 cm³/mol. The highest BCUT2D eigenvalue weighted by Crippen LogP contribution is 2.16. The Bertz CT molecular complexity index is 459. The predicted octanol–water partition coefficient (Wildman–Crippen LogP) is 1.33. The summed E-state index contributed by atoms with van der Waals surface area (Å²) in [6, 6.07) is 3.63. The maximum Gasteiger partial charge on any atom is 0.261 e. The van der Waals surface area contributed by atoms with Gasteiger partial charge in [-0.05, 0) is 43.8 Å². The fraction of sp³-hybridized carbons (Fsp3) is 0.600. The molecule has 1 aliphatic heterocycles. The maximum atomic E-state index is 12.2. The molecule has 0 aliphatic carbocycles. The molecular weight excluding hydrogens is 286 g/mol. The first kappa shape index (κ1) is 16.0. The molecule has 116 valence electrons. The Kier molecular flexibility index (Phi) is 6.20. The van der Waals surface area contributed by atoms with Gasteiger partial charge in [0.2, 0.25) is 5.91 Å². The highest BCUT2D eigenvalue weighted by Gasteiger charge is 2.22. The van der Waals surface area contributed by atoms with Gasteiger partial charge in [-0.3, -0.25) is 9.59 Å². The molecule has 2 amide bonds. The van der Waals surface area contributed by atoms with Gasteiger partial charge in [-0.15, -0.1) is 11.3 Å². The third kappa shape index (κ3) is 4.82. The van der Waals surface area contributed by atoms with Gasteiger partial charge in [-0.25, -0.2) is 0 Å². The normalized spacial score (nSPS) is 18.5. The van der Waals surface area contributed by atoms with Gasteiger partial charge < -0.3 is 15.5 Å². The van der Waals surface area contributed by atoms with Crippen LogP contribution in [0.15, 0.2) is 17.5 Å². The summed E-state index contributed by atoms with van der Waals surface area (Å²) in [6.45, 7) is 3.04. The quantitative estimate of drug-likeness (QED) is 0.833. The smallest absolute Gasteiger partial charge is 0.261 e. The lowest BCUT2D eigenvalue weighted by molar-refractivity contribution is -0.132. The lowest BCUT2D eigenvalue weighted by atomic mass is 9.98. The number of carbonyl (C=O) groups is 2. The van der Waals surface area contributed by atoms with E-state index in [4.69, 9.17) is 0 Å². The van der Waals surface area contributed by atoms with Crippen molar-refractivity contribution < 1.29 is 9.59 Å². The Labute approximate surface area is 129 Å². The van der Waals surface area contributed by atoms with Gasteiger partial charge >= 0.3 is 0 Å². The van der Waals surface area contributed by atoms with Crippen molar-refractivity contribution in [2.45, 2.75) is 19.3 Å². The van der Waals surface area contributed by atoms with E-state index in [1.807, 2.05) is 23.4 Å². The number of hydrogen-bond acceptors (Lipinski definition) is 4. The number of nitrogens with zero attached hydrogens (tertiary/aromatic N) is 1. The molecule has 1 fully saturated rings. The standard InChI is InChI=1S/C15H23N3O2S/c1-16-10-12-4-2-8-18(11-12)14(19)6-7-17-15(20)13-5-3-9-21-13/h3,5,9,12,16H,2,4,6-8,10-11H2,1H3,(H,17,20). The molecule has 0 spiro atoms. The molecule has 1 aromatic rings. The van der Waals surface area contributed by atoms with Crippen molar-refractivity contribution in [2.75, 3.05) is 33.2 Å². The van der Waals surface area contributed by atoms with Gasteiger partial charge in [0.15, 0.2) is 0 Å². The van der Waals surface area contributed by atoms with Crippen molar-refractivity contribution in [1.82, 2.24) is 15.5 Å². The third-order valence-electron chi connectivity index (χ3n) is 3.73. The van der Waals surface area contributed by atoms with Crippen LogP contribution in [0.2, 0.25) is 0 Å². The molecule has 1 saturated heterocycles. The van der Waals surface area contributed by atoms with Crippen molar-refractivity contribution in [3.05, 3.63) is 22.4 Å². The van der Waals surface area contributed by atoms with E-state index in [1.165, 1.54) is 17.8 Å². The number of nitrogens with one attached hydrogen (secondary N) is 2. The van der Waals surface area contributed by atoms with Gasteiger partial charge in [-0.1, -0.05) is 6.07 Å². The summed E-state index contributed by atoms with van der Waals surface area (Å²) in [5, 5.41) is 7.85. The van der Waals surface area contributed by atoms with Crippen molar-refractivity contribution in [2.24, 2.45) is 5.92 Å².